The zero-order chi connectivity index (χ0) is 19.8. The molecule has 0 radical (unpaired) electrons. The summed E-state index contributed by atoms with van der Waals surface area (Å²) >= 11 is 3.80. The molecule has 27 heavy (non-hydrogen) atoms. The largest absolute Gasteiger partial charge is 0.390 e. The van der Waals surface area contributed by atoms with Crippen molar-refractivity contribution in [3.05, 3.63) is 0 Å². The number of thioether (sulfide) groups is 2. The Morgan fingerprint density at radius 3 is 1.81 bits per heavy atom. The normalized spacial score (nSPS) is 12.6. The third-order valence-electron chi connectivity index (χ3n) is 4.02. The van der Waals surface area contributed by atoms with Gasteiger partial charge in [0.2, 0.25) is 0 Å². The third kappa shape index (κ3) is 24.5. The Labute approximate surface area is 176 Å². The van der Waals surface area contributed by atoms with Gasteiger partial charge in [-0.3, -0.25) is 0 Å². The highest BCUT2D eigenvalue weighted by atomic mass is 32.2. The summed E-state index contributed by atoms with van der Waals surface area (Å²) in [6.07, 6.45) is 10.1. The van der Waals surface area contributed by atoms with E-state index in [1.807, 2.05) is 23.5 Å². The van der Waals surface area contributed by atoms with Crippen molar-refractivity contribution < 1.29 is 19.3 Å². The van der Waals surface area contributed by atoms with Crippen LogP contribution in [0.25, 0.3) is 0 Å². The van der Waals surface area contributed by atoms with Gasteiger partial charge in [-0.15, -0.1) is 0 Å². The monoisotopic (exact) mass is 424 g/mol. The van der Waals surface area contributed by atoms with Gasteiger partial charge in [-0.25, -0.2) is 0 Å². The van der Waals surface area contributed by atoms with Crippen molar-refractivity contribution in [2.24, 2.45) is 0 Å². The Kier molecular flexibility index (Phi) is 25.1. The first kappa shape index (κ1) is 27.5. The minimum atomic E-state index is -0.371. The lowest BCUT2D eigenvalue weighted by Crippen LogP contribution is -2.20. The molecule has 0 aliphatic heterocycles. The Hall–Kier alpha value is 0.540. The molecule has 0 aromatic rings. The summed E-state index contributed by atoms with van der Waals surface area (Å²) in [5.41, 5.74) is 0. The van der Waals surface area contributed by atoms with Gasteiger partial charge < -0.3 is 19.3 Å². The maximum Gasteiger partial charge on any atom is 0.0863 e. The van der Waals surface area contributed by atoms with Crippen molar-refractivity contribution in [2.75, 3.05) is 62.7 Å². The lowest BCUT2D eigenvalue weighted by Gasteiger charge is -2.11. The van der Waals surface area contributed by atoms with Crippen LogP contribution in [0, 0.1) is 0 Å². The Bertz CT molecular complexity index is 271. The third-order valence-corrected chi connectivity index (χ3v) is 6.25. The fourth-order valence-corrected chi connectivity index (χ4v) is 4.20. The molecule has 0 rings (SSSR count). The van der Waals surface area contributed by atoms with Crippen LogP contribution in [0.2, 0.25) is 0 Å². The molecular weight excluding hydrogens is 380 g/mol. The van der Waals surface area contributed by atoms with E-state index in [1.54, 1.807) is 0 Å². The molecule has 0 spiro atoms. The number of rotatable bonds is 23. The fourth-order valence-electron chi connectivity index (χ4n) is 2.41. The summed E-state index contributed by atoms with van der Waals surface area (Å²) in [5, 5.41) is 9.85. The highest BCUT2D eigenvalue weighted by Gasteiger charge is 2.04. The molecule has 164 valence electrons. The van der Waals surface area contributed by atoms with Crippen LogP contribution in [-0.2, 0) is 14.2 Å². The summed E-state index contributed by atoms with van der Waals surface area (Å²) in [7, 11) is 0. The molecule has 0 heterocycles. The predicted octanol–water partition coefficient (Wildman–Crippen LogP) is 5.02. The maximum absolute atomic E-state index is 9.85. The first-order valence-corrected chi connectivity index (χ1v) is 13.2. The summed E-state index contributed by atoms with van der Waals surface area (Å²) in [6, 6.07) is 0. The van der Waals surface area contributed by atoms with Crippen LogP contribution >= 0.6 is 23.5 Å². The second-order valence-corrected chi connectivity index (χ2v) is 9.14. The summed E-state index contributed by atoms with van der Waals surface area (Å²) in [6.45, 7) is 8.03. The number of hydrogen-bond acceptors (Lipinski definition) is 6. The van der Waals surface area contributed by atoms with E-state index in [9.17, 15) is 5.11 Å². The predicted molar refractivity (Wildman–Crippen MR) is 121 cm³/mol. The van der Waals surface area contributed by atoms with Gasteiger partial charge in [0, 0.05) is 11.5 Å². The van der Waals surface area contributed by atoms with E-state index in [2.05, 4.69) is 13.8 Å². The molecule has 0 bridgehead atoms. The van der Waals surface area contributed by atoms with Crippen molar-refractivity contribution in [3.63, 3.8) is 0 Å². The summed E-state index contributed by atoms with van der Waals surface area (Å²) in [5.74, 6) is 4.22. The van der Waals surface area contributed by atoms with E-state index in [-0.39, 0.29) is 6.10 Å². The lowest BCUT2D eigenvalue weighted by atomic mass is 10.2. The zero-order valence-electron chi connectivity index (χ0n) is 17.8. The SMILES string of the molecule is CCCCCCSCCOCCOCCOCC(O)CSCCCCCC. The van der Waals surface area contributed by atoms with Gasteiger partial charge >= 0.3 is 0 Å². The van der Waals surface area contributed by atoms with Gasteiger partial charge in [0.1, 0.15) is 0 Å². The van der Waals surface area contributed by atoms with Gasteiger partial charge in [0.15, 0.2) is 0 Å². The summed E-state index contributed by atoms with van der Waals surface area (Å²) in [4.78, 5) is 0. The number of hydrogen-bond donors (Lipinski definition) is 1. The highest BCUT2D eigenvalue weighted by molar-refractivity contribution is 7.99. The van der Waals surface area contributed by atoms with Crippen molar-refractivity contribution >= 4 is 23.5 Å². The Morgan fingerprint density at radius 2 is 1.19 bits per heavy atom. The Morgan fingerprint density at radius 1 is 0.630 bits per heavy atom. The van der Waals surface area contributed by atoms with Gasteiger partial charge in [-0.2, -0.15) is 23.5 Å². The lowest BCUT2D eigenvalue weighted by molar-refractivity contribution is -0.00358. The fraction of sp³-hybridized carbons (Fsp3) is 1.00. The maximum atomic E-state index is 9.85. The van der Waals surface area contributed by atoms with E-state index in [0.717, 1.165) is 23.9 Å². The molecule has 0 aliphatic rings. The molecule has 0 aliphatic carbocycles. The Balaban J connectivity index is 3.09. The van der Waals surface area contributed by atoms with Gasteiger partial charge in [-0.05, 0) is 24.3 Å². The van der Waals surface area contributed by atoms with Gasteiger partial charge in [0.05, 0.1) is 45.7 Å². The molecule has 0 fully saturated rings. The van der Waals surface area contributed by atoms with E-state index >= 15 is 0 Å². The molecule has 1 atom stereocenters. The van der Waals surface area contributed by atoms with E-state index in [1.165, 1.54) is 57.1 Å². The first-order valence-electron chi connectivity index (χ1n) is 10.9. The molecule has 0 saturated heterocycles. The quantitative estimate of drug-likeness (QED) is 0.232. The molecule has 4 nitrogen and oxygen atoms in total. The van der Waals surface area contributed by atoms with Gasteiger partial charge in [-0.1, -0.05) is 52.4 Å². The minimum absolute atomic E-state index is 0.371. The standard InChI is InChI=1S/C21H44O4S2/c1-3-5-7-9-16-26-18-15-24-12-11-23-13-14-25-19-21(22)20-27-17-10-8-6-4-2/h21-22H,3-20H2,1-2H3. The van der Waals surface area contributed by atoms with Crippen molar-refractivity contribution in [3.8, 4) is 0 Å². The van der Waals surface area contributed by atoms with Crippen LogP contribution in [0.1, 0.15) is 65.2 Å². The number of unbranched alkanes of at least 4 members (excludes halogenated alkanes) is 6. The molecule has 0 aromatic heterocycles. The van der Waals surface area contributed by atoms with Crippen LogP contribution in [-0.4, -0.2) is 73.9 Å². The van der Waals surface area contributed by atoms with Crippen LogP contribution in [0.15, 0.2) is 0 Å². The smallest absolute Gasteiger partial charge is 0.0863 e. The van der Waals surface area contributed by atoms with Crippen LogP contribution in [0.4, 0.5) is 0 Å². The van der Waals surface area contributed by atoms with Crippen molar-refractivity contribution in [2.45, 2.75) is 71.3 Å². The van der Waals surface area contributed by atoms with Crippen LogP contribution < -0.4 is 0 Å². The van der Waals surface area contributed by atoms with Crippen LogP contribution in [0.3, 0.4) is 0 Å². The molecule has 1 N–H and O–H groups in total. The minimum Gasteiger partial charge on any atom is -0.390 e. The van der Waals surface area contributed by atoms with E-state index in [0.29, 0.717) is 33.0 Å². The van der Waals surface area contributed by atoms with Crippen molar-refractivity contribution in [1.29, 1.82) is 0 Å². The van der Waals surface area contributed by atoms with Gasteiger partial charge in [0.25, 0.3) is 0 Å². The first-order chi connectivity index (χ1) is 13.3. The molecule has 1 unspecified atom stereocenters. The molecule has 6 heteroatoms. The number of ether oxygens (including phenoxy) is 3. The molecular formula is C21H44O4S2. The van der Waals surface area contributed by atoms with E-state index < -0.39 is 0 Å². The summed E-state index contributed by atoms with van der Waals surface area (Å²) < 4.78 is 16.5. The molecule has 0 amide bonds. The topological polar surface area (TPSA) is 47.9 Å². The molecule has 0 aromatic carbocycles. The number of aliphatic hydroxyl groups excluding tert-OH is 1. The van der Waals surface area contributed by atoms with E-state index in [4.69, 9.17) is 14.2 Å². The average Bonchev–Trinajstić information content (AvgIpc) is 2.67. The highest BCUT2D eigenvalue weighted by Crippen LogP contribution is 2.09. The second-order valence-electron chi connectivity index (χ2n) is 6.76. The number of aliphatic hydroxyl groups is 1. The molecule has 0 saturated carbocycles. The zero-order valence-corrected chi connectivity index (χ0v) is 19.4. The second kappa shape index (κ2) is 24.6. The van der Waals surface area contributed by atoms with Crippen molar-refractivity contribution in [1.82, 2.24) is 0 Å². The van der Waals surface area contributed by atoms with Crippen LogP contribution in [0.5, 0.6) is 0 Å². The average molecular weight is 425 g/mol.